The molecule has 2 atom stereocenters. The Morgan fingerprint density at radius 2 is 1.77 bits per heavy atom. The summed E-state index contributed by atoms with van der Waals surface area (Å²) in [6, 6.07) is 7.84. The zero-order valence-electron chi connectivity index (χ0n) is 13.4. The molecule has 22 heavy (non-hydrogen) atoms. The summed E-state index contributed by atoms with van der Waals surface area (Å²) in [5, 5.41) is 14.6. The van der Waals surface area contributed by atoms with E-state index in [-0.39, 0.29) is 6.61 Å². The van der Waals surface area contributed by atoms with Crippen molar-refractivity contribution in [1.29, 1.82) is 0 Å². The molecule has 0 aliphatic rings. The van der Waals surface area contributed by atoms with E-state index < -0.39 is 29.7 Å². The van der Waals surface area contributed by atoms with Gasteiger partial charge in [-0.2, -0.15) is 0 Å². The van der Waals surface area contributed by atoms with Gasteiger partial charge in [0.05, 0.1) is 12.6 Å². The summed E-state index contributed by atoms with van der Waals surface area (Å²) in [5.74, 6) is -0.395. The molecule has 122 valence electrons. The molecule has 3 N–H and O–H groups in total. The van der Waals surface area contributed by atoms with E-state index in [9.17, 15) is 14.7 Å². The highest BCUT2D eigenvalue weighted by atomic mass is 16.6. The molecule has 1 aromatic rings. The number of aliphatic hydroxyl groups is 1. The van der Waals surface area contributed by atoms with Crippen LogP contribution < -0.4 is 10.6 Å². The molecule has 0 saturated carbocycles. The number of hydrogen-bond donors (Lipinski definition) is 3. The number of hydrogen-bond acceptors (Lipinski definition) is 4. The first kappa shape index (κ1) is 18.0. The summed E-state index contributed by atoms with van der Waals surface area (Å²) < 4.78 is 5.10. The molecule has 0 aliphatic heterocycles. The second-order valence-electron chi connectivity index (χ2n) is 6.02. The van der Waals surface area contributed by atoms with Crippen molar-refractivity contribution in [3.63, 3.8) is 0 Å². The third kappa shape index (κ3) is 6.13. The lowest BCUT2D eigenvalue weighted by Crippen LogP contribution is -2.47. The van der Waals surface area contributed by atoms with Crippen LogP contribution in [0, 0.1) is 0 Å². The molecule has 6 heteroatoms. The van der Waals surface area contributed by atoms with Gasteiger partial charge < -0.3 is 20.5 Å². The van der Waals surface area contributed by atoms with E-state index in [1.807, 2.05) is 30.3 Å². The number of nitrogens with one attached hydrogen (secondary N) is 2. The standard InChI is InChI=1S/C16H24N2O4/c1-11(17-15(21)22-16(2,3)4)14(20)18-13(10-19)12-8-6-5-7-9-12/h5-9,11,13,19H,10H2,1-4H3,(H,17,21)(H,18,20)/t11-,13+/m1/s1. The summed E-state index contributed by atoms with van der Waals surface area (Å²) >= 11 is 0. The van der Waals surface area contributed by atoms with Gasteiger partial charge in [-0.3, -0.25) is 4.79 Å². The number of ether oxygens (including phenoxy) is 1. The van der Waals surface area contributed by atoms with Crippen molar-refractivity contribution in [2.75, 3.05) is 6.61 Å². The highest BCUT2D eigenvalue weighted by molar-refractivity contribution is 5.85. The second-order valence-corrected chi connectivity index (χ2v) is 6.02. The van der Waals surface area contributed by atoms with E-state index in [2.05, 4.69) is 10.6 Å². The van der Waals surface area contributed by atoms with Crippen LogP contribution in [-0.2, 0) is 9.53 Å². The molecule has 0 bridgehead atoms. The van der Waals surface area contributed by atoms with Crippen LogP contribution in [0.15, 0.2) is 30.3 Å². The van der Waals surface area contributed by atoms with Gasteiger partial charge >= 0.3 is 6.09 Å². The van der Waals surface area contributed by atoms with Gasteiger partial charge in [0.2, 0.25) is 5.91 Å². The van der Waals surface area contributed by atoms with Crippen LogP contribution in [0.5, 0.6) is 0 Å². The number of amides is 2. The van der Waals surface area contributed by atoms with Gasteiger partial charge in [-0.15, -0.1) is 0 Å². The Bertz CT molecular complexity index is 497. The van der Waals surface area contributed by atoms with E-state index in [1.54, 1.807) is 27.7 Å². The number of carbonyl (C=O) groups excluding carboxylic acids is 2. The van der Waals surface area contributed by atoms with Crippen LogP contribution in [-0.4, -0.2) is 35.4 Å². The van der Waals surface area contributed by atoms with Gasteiger partial charge in [0.15, 0.2) is 0 Å². The molecule has 0 saturated heterocycles. The highest BCUT2D eigenvalue weighted by Gasteiger charge is 2.23. The predicted molar refractivity (Wildman–Crippen MR) is 83.2 cm³/mol. The fourth-order valence-electron chi connectivity index (χ4n) is 1.77. The summed E-state index contributed by atoms with van der Waals surface area (Å²) in [6.45, 7) is 6.56. The average Bonchev–Trinajstić information content (AvgIpc) is 2.43. The zero-order valence-corrected chi connectivity index (χ0v) is 13.4. The van der Waals surface area contributed by atoms with Gasteiger partial charge in [0.25, 0.3) is 0 Å². The number of carbonyl (C=O) groups is 2. The molecule has 1 rings (SSSR count). The largest absolute Gasteiger partial charge is 0.444 e. The maximum atomic E-state index is 12.1. The molecule has 1 aromatic carbocycles. The topological polar surface area (TPSA) is 87.7 Å². The van der Waals surface area contributed by atoms with Crippen molar-refractivity contribution in [1.82, 2.24) is 10.6 Å². The number of aliphatic hydroxyl groups excluding tert-OH is 1. The lowest BCUT2D eigenvalue weighted by Gasteiger charge is -2.23. The fraction of sp³-hybridized carbons (Fsp3) is 0.500. The molecule has 6 nitrogen and oxygen atoms in total. The first-order valence-electron chi connectivity index (χ1n) is 7.18. The van der Waals surface area contributed by atoms with E-state index in [4.69, 9.17) is 4.74 Å². The Balaban J connectivity index is 2.58. The van der Waals surface area contributed by atoms with Crippen LogP contribution >= 0.6 is 0 Å². The normalized spacial score (nSPS) is 13.9. The monoisotopic (exact) mass is 308 g/mol. The first-order chi connectivity index (χ1) is 10.2. The van der Waals surface area contributed by atoms with Crippen molar-refractivity contribution < 1.29 is 19.4 Å². The highest BCUT2D eigenvalue weighted by Crippen LogP contribution is 2.12. The fourth-order valence-corrected chi connectivity index (χ4v) is 1.77. The Labute approximate surface area is 130 Å². The molecule has 0 spiro atoms. The molecule has 0 aliphatic carbocycles. The van der Waals surface area contributed by atoms with Crippen LogP contribution in [0.25, 0.3) is 0 Å². The van der Waals surface area contributed by atoms with Crippen molar-refractivity contribution in [2.45, 2.75) is 45.4 Å². The Morgan fingerprint density at radius 3 is 2.27 bits per heavy atom. The van der Waals surface area contributed by atoms with E-state index >= 15 is 0 Å². The maximum Gasteiger partial charge on any atom is 0.408 e. The van der Waals surface area contributed by atoms with Crippen molar-refractivity contribution >= 4 is 12.0 Å². The van der Waals surface area contributed by atoms with Crippen molar-refractivity contribution in [2.24, 2.45) is 0 Å². The van der Waals surface area contributed by atoms with Gasteiger partial charge in [-0.1, -0.05) is 30.3 Å². The molecule has 0 aromatic heterocycles. The molecule has 0 unspecified atom stereocenters. The van der Waals surface area contributed by atoms with Crippen molar-refractivity contribution in [3.05, 3.63) is 35.9 Å². The maximum absolute atomic E-state index is 12.1. The smallest absolute Gasteiger partial charge is 0.408 e. The van der Waals surface area contributed by atoms with E-state index in [0.29, 0.717) is 0 Å². The zero-order chi connectivity index (χ0) is 16.8. The summed E-state index contributed by atoms with van der Waals surface area (Å²) in [6.07, 6.45) is -0.657. The Morgan fingerprint density at radius 1 is 1.18 bits per heavy atom. The molecular weight excluding hydrogens is 284 g/mol. The summed E-state index contributed by atoms with van der Waals surface area (Å²) in [5.41, 5.74) is 0.167. The second kappa shape index (κ2) is 7.79. The summed E-state index contributed by atoms with van der Waals surface area (Å²) in [4.78, 5) is 23.7. The number of rotatable bonds is 5. The average molecular weight is 308 g/mol. The quantitative estimate of drug-likeness (QED) is 0.773. The minimum atomic E-state index is -0.771. The third-order valence-electron chi connectivity index (χ3n) is 2.83. The number of alkyl carbamates (subject to hydrolysis) is 1. The molecule has 0 fully saturated rings. The predicted octanol–water partition coefficient (Wildman–Crippen LogP) is 1.75. The van der Waals surface area contributed by atoms with Crippen LogP contribution in [0.2, 0.25) is 0 Å². The Kier molecular flexibility index (Phi) is 6.37. The number of benzene rings is 1. The van der Waals surface area contributed by atoms with Crippen LogP contribution in [0.3, 0.4) is 0 Å². The molecule has 2 amide bonds. The van der Waals surface area contributed by atoms with Gasteiger partial charge in [-0.05, 0) is 33.3 Å². The third-order valence-corrected chi connectivity index (χ3v) is 2.83. The lowest BCUT2D eigenvalue weighted by molar-refractivity contribution is -0.123. The minimum absolute atomic E-state index is 0.227. The van der Waals surface area contributed by atoms with E-state index in [1.165, 1.54) is 0 Å². The molecule has 0 radical (unpaired) electrons. The summed E-state index contributed by atoms with van der Waals surface area (Å²) in [7, 11) is 0. The van der Waals surface area contributed by atoms with E-state index in [0.717, 1.165) is 5.56 Å². The Hall–Kier alpha value is -2.08. The first-order valence-corrected chi connectivity index (χ1v) is 7.18. The lowest BCUT2D eigenvalue weighted by atomic mass is 10.1. The minimum Gasteiger partial charge on any atom is -0.444 e. The van der Waals surface area contributed by atoms with Crippen molar-refractivity contribution in [3.8, 4) is 0 Å². The van der Waals surface area contributed by atoms with Crippen LogP contribution in [0.4, 0.5) is 4.79 Å². The molecular formula is C16H24N2O4. The SMILES string of the molecule is C[C@@H](NC(=O)OC(C)(C)C)C(=O)N[C@@H](CO)c1ccccc1. The van der Waals surface area contributed by atoms with Gasteiger partial charge in [-0.25, -0.2) is 4.79 Å². The van der Waals surface area contributed by atoms with Gasteiger partial charge in [0, 0.05) is 0 Å². The van der Waals surface area contributed by atoms with Crippen LogP contribution in [0.1, 0.15) is 39.3 Å². The van der Waals surface area contributed by atoms with Gasteiger partial charge in [0.1, 0.15) is 11.6 Å². The molecule has 0 heterocycles.